The molecule has 3 rings (SSSR count). The number of benzene rings is 1. The smallest absolute Gasteiger partial charge is 0.230 e. The number of pyridine rings is 1. The van der Waals surface area contributed by atoms with Crippen molar-refractivity contribution in [2.75, 3.05) is 25.3 Å². The summed E-state index contributed by atoms with van der Waals surface area (Å²) in [5.41, 5.74) is 1.82. The molecular weight excluding hydrogens is 364 g/mol. The van der Waals surface area contributed by atoms with Crippen LogP contribution in [0.3, 0.4) is 0 Å². The summed E-state index contributed by atoms with van der Waals surface area (Å²) < 4.78 is 6.67. The third-order valence-electron chi connectivity index (χ3n) is 3.83. The van der Waals surface area contributed by atoms with Gasteiger partial charge in [0.15, 0.2) is 5.82 Å². The quantitative estimate of drug-likeness (QED) is 0.448. The SMILES string of the molecule is COc1ccccc1CCNC(=O)CSc1nnc(-c2cccnc2)n1N. The average molecular weight is 384 g/mol. The van der Waals surface area contributed by atoms with Gasteiger partial charge in [0.25, 0.3) is 0 Å². The van der Waals surface area contributed by atoms with Crippen LogP contribution in [0, 0.1) is 0 Å². The number of methoxy groups -OCH3 is 1. The van der Waals surface area contributed by atoms with Gasteiger partial charge in [0.05, 0.1) is 12.9 Å². The Labute approximate surface area is 161 Å². The molecule has 3 N–H and O–H groups in total. The molecule has 0 aliphatic heterocycles. The number of nitrogens with two attached hydrogens (primary N) is 1. The second kappa shape index (κ2) is 9.04. The highest BCUT2D eigenvalue weighted by Crippen LogP contribution is 2.20. The lowest BCUT2D eigenvalue weighted by Crippen LogP contribution is -2.27. The lowest BCUT2D eigenvalue weighted by atomic mass is 10.1. The van der Waals surface area contributed by atoms with Gasteiger partial charge in [-0.2, -0.15) is 0 Å². The maximum Gasteiger partial charge on any atom is 0.230 e. The number of amides is 1. The van der Waals surface area contributed by atoms with Gasteiger partial charge in [-0.15, -0.1) is 10.2 Å². The molecule has 9 heteroatoms. The summed E-state index contributed by atoms with van der Waals surface area (Å²) in [6.07, 6.45) is 4.02. The number of thioether (sulfide) groups is 1. The number of rotatable bonds is 8. The van der Waals surface area contributed by atoms with Crippen molar-refractivity contribution in [2.45, 2.75) is 11.6 Å². The first kappa shape index (κ1) is 18.7. The summed E-state index contributed by atoms with van der Waals surface area (Å²) in [5.74, 6) is 7.46. The van der Waals surface area contributed by atoms with Gasteiger partial charge < -0.3 is 15.9 Å². The first-order chi connectivity index (χ1) is 13.2. The Bertz CT molecular complexity index is 900. The van der Waals surface area contributed by atoms with Crippen LogP contribution in [-0.4, -0.2) is 45.2 Å². The molecule has 2 heterocycles. The summed E-state index contributed by atoms with van der Waals surface area (Å²) >= 11 is 1.23. The van der Waals surface area contributed by atoms with Gasteiger partial charge in [0.1, 0.15) is 5.75 Å². The molecular formula is C18H20N6O2S. The van der Waals surface area contributed by atoms with Gasteiger partial charge in [-0.05, 0) is 30.2 Å². The Morgan fingerprint density at radius 2 is 2.11 bits per heavy atom. The number of hydrogen-bond donors (Lipinski definition) is 2. The van der Waals surface area contributed by atoms with Crippen LogP contribution in [0.2, 0.25) is 0 Å². The fraction of sp³-hybridized carbons (Fsp3) is 0.222. The van der Waals surface area contributed by atoms with Crippen LogP contribution in [0.5, 0.6) is 5.75 Å². The number of carbonyl (C=O) groups is 1. The zero-order valence-corrected chi connectivity index (χ0v) is 15.6. The van der Waals surface area contributed by atoms with E-state index >= 15 is 0 Å². The molecule has 2 aromatic heterocycles. The molecule has 0 atom stereocenters. The normalized spacial score (nSPS) is 10.6. The minimum atomic E-state index is -0.0965. The highest BCUT2D eigenvalue weighted by Gasteiger charge is 2.13. The molecule has 1 aromatic carbocycles. The topological polar surface area (TPSA) is 108 Å². The van der Waals surface area contributed by atoms with Crippen molar-refractivity contribution in [1.29, 1.82) is 0 Å². The predicted octanol–water partition coefficient (Wildman–Crippen LogP) is 1.51. The molecule has 0 aliphatic carbocycles. The van der Waals surface area contributed by atoms with Crippen molar-refractivity contribution < 1.29 is 9.53 Å². The van der Waals surface area contributed by atoms with E-state index in [1.165, 1.54) is 16.4 Å². The zero-order chi connectivity index (χ0) is 19.1. The molecule has 1 amide bonds. The molecule has 0 saturated carbocycles. The lowest BCUT2D eigenvalue weighted by molar-refractivity contribution is -0.118. The molecule has 8 nitrogen and oxygen atoms in total. The van der Waals surface area contributed by atoms with Gasteiger partial charge in [-0.1, -0.05) is 30.0 Å². The van der Waals surface area contributed by atoms with Gasteiger partial charge in [-0.25, -0.2) is 4.68 Å². The fourth-order valence-corrected chi connectivity index (χ4v) is 3.18. The van der Waals surface area contributed by atoms with E-state index in [1.807, 2.05) is 30.3 Å². The van der Waals surface area contributed by atoms with Crippen LogP contribution in [0.15, 0.2) is 53.9 Å². The van der Waals surface area contributed by atoms with E-state index < -0.39 is 0 Å². The molecule has 0 unspecified atom stereocenters. The summed E-state index contributed by atoms with van der Waals surface area (Å²) in [6.45, 7) is 0.524. The standard InChI is InChI=1S/C18H20N6O2S/c1-26-15-7-3-2-5-13(15)8-10-21-16(25)12-27-18-23-22-17(24(18)19)14-6-4-9-20-11-14/h2-7,9,11H,8,10,12,19H2,1H3,(H,21,25). The second-order valence-electron chi connectivity index (χ2n) is 5.62. The molecule has 3 aromatic rings. The first-order valence-corrected chi connectivity index (χ1v) is 9.30. The van der Waals surface area contributed by atoms with Gasteiger partial charge in [0.2, 0.25) is 11.1 Å². The second-order valence-corrected chi connectivity index (χ2v) is 6.56. The van der Waals surface area contributed by atoms with E-state index in [2.05, 4.69) is 20.5 Å². The highest BCUT2D eigenvalue weighted by molar-refractivity contribution is 7.99. The van der Waals surface area contributed by atoms with Gasteiger partial charge in [-0.3, -0.25) is 9.78 Å². The van der Waals surface area contributed by atoms with Crippen LogP contribution < -0.4 is 15.9 Å². The van der Waals surface area contributed by atoms with Crippen LogP contribution in [0.1, 0.15) is 5.56 Å². The van der Waals surface area contributed by atoms with Crippen LogP contribution in [-0.2, 0) is 11.2 Å². The number of hydrogen-bond acceptors (Lipinski definition) is 7. The number of nitrogen functional groups attached to an aromatic ring is 1. The Hall–Kier alpha value is -3.07. The number of nitrogens with one attached hydrogen (secondary N) is 1. The largest absolute Gasteiger partial charge is 0.496 e. The van der Waals surface area contributed by atoms with Crippen molar-refractivity contribution in [3.05, 3.63) is 54.4 Å². The number of aromatic nitrogens is 4. The number of para-hydroxylation sites is 1. The van der Waals surface area contributed by atoms with Crippen LogP contribution in [0.25, 0.3) is 11.4 Å². The van der Waals surface area contributed by atoms with E-state index in [0.29, 0.717) is 23.9 Å². The van der Waals surface area contributed by atoms with E-state index in [-0.39, 0.29) is 11.7 Å². The third-order valence-corrected chi connectivity index (χ3v) is 4.77. The molecule has 0 radical (unpaired) electrons. The molecule has 0 aliphatic rings. The van der Waals surface area contributed by atoms with E-state index in [9.17, 15) is 4.79 Å². The Morgan fingerprint density at radius 3 is 2.89 bits per heavy atom. The maximum atomic E-state index is 12.1. The first-order valence-electron chi connectivity index (χ1n) is 8.31. The number of carbonyl (C=O) groups excluding carboxylic acids is 1. The van der Waals surface area contributed by atoms with Gasteiger partial charge >= 0.3 is 0 Å². The summed E-state index contributed by atoms with van der Waals surface area (Å²) in [4.78, 5) is 16.1. The van der Waals surface area contributed by atoms with Crippen LogP contribution in [0.4, 0.5) is 0 Å². The Kier molecular flexibility index (Phi) is 6.26. The summed E-state index contributed by atoms with van der Waals surface area (Å²) in [6, 6.07) is 11.4. The van der Waals surface area contributed by atoms with Crippen molar-refractivity contribution >= 4 is 17.7 Å². The summed E-state index contributed by atoms with van der Waals surface area (Å²) in [5, 5.41) is 11.5. The highest BCUT2D eigenvalue weighted by atomic mass is 32.2. The Balaban J connectivity index is 1.49. The molecule has 27 heavy (non-hydrogen) atoms. The van der Waals surface area contributed by atoms with E-state index in [1.54, 1.807) is 25.6 Å². The van der Waals surface area contributed by atoms with E-state index in [0.717, 1.165) is 16.9 Å². The zero-order valence-electron chi connectivity index (χ0n) is 14.8. The average Bonchev–Trinajstić information content (AvgIpc) is 3.08. The fourth-order valence-electron chi connectivity index (χ4n) is 2.49. The van der Waals surface area contributed by atoms with E-state index in [4.69, 9.17) is 10.6 Å². The lowest BCUT2D eigenvalue weighted by Gasteiger charge is -2.09. The minimum absolute atomic E-state index is 0.0965. The predicted molar refractivity (Wildman–Crippen MR) is 104 cm³/mol. The molecule has 0 spiro atoms. The van der Waals surface area contributed by atoms with Crippen molar-refractivity contribution in [3.8, 4) is 17.1 Å². The van der Waals surface area contributed by atoms with Crippen molar-refractivity contribution in [2.24, 2.45) is 0 Å². The molecule has 0 fully saturated rings. The molecule has 140 valence electrons. The maximum absolute atomic E-state index is 12.1. The minimum Gasteiger partial charge on any atom is -0.496 e. The number of ether oxygens (including phenoxy) is 1. The van der Waals surface area contributed by atoms with Crippen LogP contribution >= 0.6 is 11.8 Å². The van der Waals surface area contributed by atoms with Crippen molar-refractivity contribution in [3.63, 3.8) is 0 Å². The monoisotopic (exact) mass is 384 g/mol. The third kappa shape index (κ3) is 4.76. The van der Waals surface area contributed by atoms with Crippen molar-refractivity contribution in [1.82, 2.24) is 25.2 Å². The molecule has 0 saturated heterocycles. The summed E-state index contributed by atoms with van der Waals surface area (Å²) in [7, 11) is 1.64. The number of nitrogens with zero attached hydrogens (tertiary/aromatic N) is 4. The van der Waals surface area contributed by atoms with Gasteiger partial charge in [0, 0.05) is 24.5 Å². The molecule has 0 bridgehead atoms. The Morgan fingerprint density at radius 1 is 1.26 bits per heavy atom.